The number of carboxylic acids is 1. The first-order valence-corrected chi connectivity index (χ1v) is 27.4. The number of aliphatic hydroxyl groups is 2. The van der Waals surface area contributed by atoms with Crippen LogP contribution in [0.3, 0.4) is 0 Å². The number of aliphatic carboxylic acids is 1. The van der Waals surface area contributed by atoms with E-state index in [1.165, 1.54) is 24.3 Å². The molecule has 0 saturated carbocycles. The maximum absolute atomic E-state index is 14.5. The van der Waals surface area contributed by atoms with Gasteiger partial charge in [-0.3, -0.25) is 33.7 Å². The number of nitrogens with two attached hydrogens (primary N) is 1. The van der Waals surface area contributed by atoms with Crippen molar-refractivity contribution < 1.29 is 98.1 Å². The molecule has 23 nitrogen and oxygen atoms in total. The number of aliphatic hydroxyl groups excluding tert-OH is 2. The maximum atomic E-state index is 14.5. The summed E-state index contributed by atoms with van der Waals surface area (Å²) in [6.07, 6.45) is -1.16. The number of halogens is 1. The maximum Gasteiger partial charge on any atom is 0.404 e. The molecule has 4 aromatic rings. The average molecular weight is 1330 g/mol. The Morgan fingerprint density at radius 3 is 2.39 bits per heavy atom. The third kappa shape index (κ3) is 15.8. The van der Waals surface area contributed by atoms with E-state index in [9.17, 15) is 62.9 Å². The number of cyclic esters (lactones) is 1. The molecule has 0 spiro atoms. The molecule has 8 rings (SSSR count). The third-order valence-electron chi connectivity index (χ3n) is 14.1. The van der Waals surface area contributed by atoms with E-state index in [0.29, 0.717) is 72.2 Å². The van der Waals surface area contributed by atoms with Gasteiger partial charge in [-0.05, 0) is 85.4 Å². The van der Waals surface area contributed by atoms with E-state index in [0.717, 1.165) is 46.2 Å². The van der Waals surface area contributed by atoms with Crippen molar-refractivity contribution in [3.8, 4) is 17.1 Å². The van der Waals surface area contributed by atoms with Crippen molar-refractivity contribution in [1.82, 2.24) is 25.1 Å². The zero-order valence-electron chi connectivity index (χ0n) is 46.4. The van der Waals surface area contributed by atoms with Crippen LogP contribution in [0, 0.1) is 18.7 Å². The Morgan fingerprint density at radius 1 is 1.00 bits per heavy atom. The van der Waals surface area contributed by atoms with Crippen molar-refractivity contribution in [2.24, 2.45) is 11.7 Å². The van der Waals surface area contributed by atoms with Gasteiger partial charge < -0.3 is 73.1 Å². The number of pyridine rings is 2. The number of esters is 1. The zero-order valence-corrected chi connectivity index (χ0v) is 50.1. The second-order valence-electron chi connectivity index (χ2n) is 20.0. The minimum absolute atomic E-state index is 0. The van der Waals surface area contributed by atoms with E-state index >= 15 is 0 Å². The van der Waals surface area contributed by atoms with Crippen LogP contribution in [0.2, 0.25) is 0 Å². The monoisotopic (exact) mass is 1330 g/mol. The number of fused-ring (bicyclic) bond motifs is 5. The fourth-order valence-corrected chi connectivity index (χ4v) is 10.0. The van der Waals surface area contributed by atoms with Crippen LogP contribution in [-0.4, -0.2) is 121 Å². The number of benzene rings is 2. The molecule has 4 aliphatic rings. The summed E-state index contributed by atoms with van der Waals surface area (Å²) < 4.78 is 37.1. The summed E-state index contributed by atoms with van der Waals surface area (Å²) in [6, 6.07) is 6.52. The number of anilines is 1. The number of carbonyl (C=O) groups excluding carboxylic acids is 7. The molecule has 1 fully saturated rings. The zero-order chi connectivity index (χ0) is 59.4. The summed E-state index contributed by atoms with van der Waals surface area (Å²) in [4.78, 5) is 115. The van der Waals surface area contributed by atoms with E-state index in [1.54, 1.807) is 38.3 Å². The van der Waals surface area contributed by atoms with Crippen molar-refractivity contribution in [2.45, 2.75) is 161 Å². The molecular weight excluding hydrogens is 1260 g/mol. The third-order valence-corrected chi connectivity index (χ3v) is 14.6. The molecule has 2 aromatic carbocycles. The van der Waals surface area contributed by atoms with Gasteiger partial charge in [0.25, 0.3) is 5.56 Å². The van der Waals surface area contributed by atoms with Crippen LogP contribution in [0.4, 0.5) is 14.9 Å². The summed E-state index contributed by atoms with van der Waals surface area (Å²) in [7, 11) is 0. The molecule has 82 heavy (non-hydrogen) atoms. The molecule has 2 aromatic heterocycles. The number of hydrogen-bond donors (Lipinski definition) is 7. The fourth-order valence-electron chi connectivity index (χ4n) is 9.88. The summed E-state index contributed by atoms with van der Waals surface area (Å²) in [5, 5.41) is 37.8. The van der Waals surface area contributed by atoms with E-state index in [-0.39, 0.29) is 100 Å². The second-order valence-corrected chi connectivity index (χ2v) is 20.5. The number of imide groups is 1. The Hall–Kier alpha value is -6.79. The molecule has 3 aliphatic heterocycles. The fraction of sp³-hybridized carbons (Fsp3) is 0.500. The molecular formula is C56H69FN7O16SW-. The van der Waals surface area contributed by atoms with E-state index in [1.807, 2.05) is 13.8 Å². The van der Waals surface area contributed by atoms with Crippen LogP contribution < -0.4 is 32.0 Å². The van der Waals surface area contributed by atoms with Crippen LogP contribution in [0.15, 0.2) is 35.1 Å². The minimum Gasteiger partial charge on any atom is -0.780 e. The number of nitrogens with one attached hydrogen (secondary N) is 3. The van der Waals surface area contributed by atoms with Gasteiger partial charge in [0, 0.05) is 69.5 Å². The van der Waals surface area contributed by atoms with Crippen molar-refractivity contribution in [2.75, 3.05) is 18.4 Å². The number of nitrogens with zero attached hydrogens (tertiary/aromatic N) is 3. The number of unbranched alkanes of at least 4 members (excludes halogenated alkanes) is 2. The summed E-state index contributed by atoms with van der Waals surface area (Å²) >= 11 is 5.04. The Balaban J connectivity index is 0.000000322. The number of carbonyl (C=O) groups is 8. The molecule has 0 radical (unpaired) electrons. The molecule has 5 heterocycles. The van der Waals surface area contributed by atoms with E-state index < -0.39 is 78.2 Å². The van der Waals surface area contributed by atoms with Gasteiger partial charge >= 0.3 is 18.0 Å². The molecule has 26 heteroatoms. The Kier molecular flexibility index (Phi) is 24.1. The number of amides is 6. The molecule has 8 N–H and O–H groups in total. The van der Waals surface area contributed by atoms with Crippen molar-refractivity contribution in [1.29, 1.82) is 0 Å². The van der Waals surface area contributed by atoms with Gasteiger partial charge in [0.1, 0.15) is 30.8 Å². The molecule has 6 atom stereocenters. The number of hydrogen-bond acceptors (Lipinski definition) is 17. The van der Waals surface area contributed by atoms with Crippen molar-refractivity contribution in [3.05, 3.63) is 85.4 Å². The van der Waals surface area contributed by atoms with Gasteiger partial charge in [-0.25, -0.2) is 23.8 Å². The first kappa shape index (κ1) is 66.0. The number of ether oxygens (including phenoxy) is 4. The van der Waals surface area contributed by atoms with Crippen LogP contribution >= 0.6 is 0 Å². The topological polar surface area (TPSA) is 334 Å². The van der Waals surface area contributed by atoms with Gasteiger partial charge in [-0.2, -0.15) is 0 Å². The molecule has 1 aliphatic carbocycles. The molecule has 1 saturated heterocycles. The van der Waals surface area contributed by atoms with Gasteiger partial charge in [-0.1, -0.05) is 58.8 Å². The van der Waals surface area contributed by atoms with Crippen molar-refractivity contribution >= 4 is 77.3 Å². The van der Waals surface area contributed by atoms with Gasteiger partial charge in [0.05, 0.1) is 47.3 Å². The van der Waals surface area contributed by atoms with Crippen LogP contribution in [-0.2, 0) is 114 Å². The molecule has 6 amide bonds. The predicted molar refractivity (Wildman–Crippen MR) is 292 cm³/mol. The number of aromatic nitrogens is 2. The molecule has 0 bridgehead atoms. The second kappa shape index (κ2) is 30.0. The standard InChI is InChI=1S/C32H47N5O12S.C22H17FN2O4.C2H6.W/c1-4-24(50)30(43)37(17-38)11-7-5-6-8-25(40)36-28(18(2)3)29(42)34-15-26(41)35-21-10-9-19(16-47-32(33)46)12-22(21)48-27-14-20(39)13-23(49-27)31(44)45;1-9-10-3-2-4-11-13-7-25-17(19(13)24-16(18(10)11)6-15(9)23)5-12-14(21(25)27)8-29-22(28)20(12)26;1-2;/h9-10,12,17-18,20,23-24,27-28,39,50H,4-8,11,13-16H2,1-3H3,(H2,33,46)(H,34,42)(H,35,41)(H,36,40)(H,44,45);5-6,20,26H,2-4,7-8H2,1H3;1-2H3;/p-1. The summed E-state index contributed by atoms with van der Waals surface area (Å²) in [6.45, 7) is 10.7. The Labute approximate surface area is 492 Å². The first-order valence-electron chi connectivity index (χ1n) is 26.9. The van der Waals surface area contributed by atoms with Crippen LogP contribution in [0.1, 0.15) is 131 Å². The number of carboxylic acid groups (broad SMARTS) is 1. The SMILES string of the molecule is CC.CCC([S-])C(=O)N(C=O)CCCCCC(=O)NC(C(=O)NCC(=O)Nc1ccc(COC(N)=O)cc1OC1CC(O)CC(C(=O)O)O1)C(C)C.Cc1c(F)cc2nc3c(c4c2c1CCC4)Cn1c-3cc2c(c1=O)COC(=O)C2O.[W]. The number of primary amides is 1. The van der Waals surface area contributed by atoms with Gasteiger partial charge in [-0.15, -0.1) is 0 Å². The Bertz CT molecular complexity index is 3120. The molecule has 6 unspecified atom stereocenters. The van der Waals surface area contributed by atoms with Crippen LogP contribution in [0.25, 0.3) is 22.3 Å². The average Bonchev–Trinajstić information content (AvgIpc) is 3.12. The number of aryl methyl sites for hydroxylation is 2. The van der Waals surface area contributed by atoms with E-state index in [4.69, 9.17) is 42.3 Å². The van der Waals surface area contributed by atoms with Gasteiger partial charge in [0.2, 0.25) is 36.3 Å². The predicted octanol–water partition coefficient (Wildman–Crippen LogP) is 4.15. The smallest absolute Gasteiger partial charge is 0.404 e. The summed E-state index contributed by atoms with van der Waals surface area (Å²) in [5.41, 5.74) is 11.4. The van der Waals surface area contributed by atoms with Crippen molar-refractivity contribution in [3.63, 3.8) is 0 Å². The van der Waals surface area contributed by atoms with Crippen LogP contribution in [0.5, 0.6) is 5.75 Å². The first-order chi connectivity index (χ1) is 38.6. The Morgan fingerprint density at radius 2 is 1.72 bits per heavy atom. The number of rotatable bonds is 20. The summed E-state index contributed by atoms with van der Waals surface area (Å²) in [5.74, 6) is -4.71. The molecule has 444 valence electrons. The largest absolute Gasteiger partial charge is 0.780 e. The normalized spacial score (nSPS) is 17.9. The quantitative estimate of drug-likeness (QED) is 0.0249. The minimum atomic E-state index is -1.48. The van der Waals surface area contributed by atoms with Gasteiger partial charge in [0.15, 0.2) is 12.2 Å². The van der Waals surface area contributed by atoms with E-state index in [2.05, 4.69) is 16.0 Å².